The minimum Gasteiger partial charge on any atom is -0.481 e. The number of nitrogens with zero attached hydrogens (tertiary/aromatic N) is 1. The molecule has 1 fully saturated rings. The molecule has 0 spiro atoms. The first-order valence-electron chi connectivity index (χ1n) is 7.19. The molecule has 1 saturated heterocycles. The Labute approximate surface area is 133 Å². The first kappa shape index (κ1) is 14.8. The van der Waals surface area contributed by atoms with Crippen LogP contribution in [0.4, 0.5) is 0 Å². The molecule has 1 N–H and O–H groups in total. The fourth-order valence-corrected chi connectivity index (χ4v) is 4.55. The van der Waals surface area contributed by atoms with Gasteiger partial charge in [0.1, 0.15) is 0 Å². The van der Waals surface area contributed by atoms with Crippen LogP contribution in [0.3, 0.4) is 0 Å². The summed E-state index contributed by atoms with van der Waals surface area (Å²) in [6.45, 7) is 3.74. The minimum absolute atomic E-state index is 0.200. The van der Waals surface area contributed by atoms with Crippen LogP contribution in [-0.4, -0.2) is 28.6 Å². The third-order valence-corrected chi connectivity index (χ3v) is 6.01. The van der Waals surface area contributed by atoms with Crippen molar-refractivity contribution in [2.75, 3.05) is 6.54 Å². The Kier molecular flexibility index (Phi) is 4.20. The number of halogens is 1. The van der Waals surface area contributed by atoms with E-state index in [0.717, 1.165) is 36.3 Å². The van der Waals surface area contributed by atoms with E-state index in [4.69, 9.17) is 16.7 Å². The van der Waals surface area contributed by atoms with Crippen LogP contribution < -0.4 is 0 Å². The predicted molar refractivity (Wildman–Crippen MR) is 87.1 cm³/mol. The fourth-order valence-electron chi connectivity index (χ4n) is 3.03. The number of carboxylic acid groups (broad SMARTS) is 1. The smallest absolute Gasteiger partial charge is 0.306 e. The SMILES string of the molecule is CC1CC(C(=O)O)CCN1Cc1sc2ccccc2c1Cl. The van der Waals surface area contributed by atoms with Gasteiger partial charge in [-0.3, -0.25) is 9.69 Å². The van der Waals surface area contributed by atoms with Gasteiger partial charge in [0.05, 0.1) is 10.9 Å². The zero-order valence-corrected chi connectivity index (χ0v) is 13.5. The highest BCUT2D eigenvalue weighted by Crippen LogP contribution is 2.37. The molecule has 0 aliphatic carbocycles. The molecule has 1 aliphatic rings. The number of likely N-dealkylation sites (tertiary alicyclic amines) is 1. The van der Waals surface area contributed by atoms with Crippen LogP contribution in [0.25, 0.3) is 10.1 Å². The molecule has 0 amide bonds. The van der Waals surface area contributed by atoms with Crippen molar-refractivity contribution in [3.8, 4) is 0 Å². The van der Waals surface area contributed by atoms with Crippen molar-refractivity contribution < 1.29 is 9.90 Å². The van der Waals surface area contributed by atoms with E-state index in [2.05, 4.69) is 24.0 Å². The maximum atomic E-state index is 11.1. The fraction of sp³-hybridized carbons (Fsp3) is 0.438. The van der Waals surface area contributed by atoms with Crippen LogP contribution in [0.1, 0.15) is 24.6 Å². The number of aliphatic carboxylic acids is 1. The number of rotatable bonds is 3. The van der Waals surface area contributed by atoms with E-state index in [0.29, 0.717) is 0 Å². The Morgan fingerprint density at radius 1 is 1.48 bits per heavy atom. The van der Waals surface area contributed by atoms with Gasteiger partial charge in [-0.15, -0.1) is 11.3 Å². The summed E-state index contributed by atoms with van der Waals surface area (Å²) < 4.78 is 1.21. The third kappa shape index (κ3) is 2.93. The number of piperidine rings is 1. The molecular formula is C16H18ClNO2S. The van der Waals surface area contributed by atoms with E-state index in [1.54, 1.807) is 11.3 Å². The Balaban J connectivity index is 1.77. The molecule has 1 aromatic carbocycles. The van der Waals surface area contributed by atoms with Gasteiger partial charge in [-0.2, -0.15) is 0 Å². The molecule has 2 heterocycles. The van der Waals surface area contributed by atoms with E-state index < -0.39 is 5.97 Å². The molecule has 3 nitrogen and oxygen atoms in total. The van der Waals surface area contributed by atoms with Gasteiger partial charge in [0, 0.05) is 27.5 Å². The van der Waals surface area contributed by atoms with Crippen molar-refractivity contribution in [2.45, 2.75) is 32.4 Å². The molecule has 2 atom stereocenters. The summed E-state index contributed by atoms with van der Waals surface area (Å²) in [5.74, 6) is -0.865. The zero-order valence-electron chi connectivity index (χ0n) is 11.9. The number of carbonyl (C=O) groups is 1. The zero-order chi connectivity index (χ0) is 15.0. The van der Waals surface area contributed by atoms with E-state index in [1.807, 2.05) is 12.1 Å². The second-order valence-electron chi connectivity index (χ2n) is 5.71. The summed E-state index contributed by atoms with van der Waals surface area (Å²) in [7, 11) is 0. The summed E-state index contributed by atoms with van der Waals surface area (Å²) in [5.41, 5.74) is 0. The van der Waals surface area contributed by atoms with Crippen LogP contribution in [0.5, 0.6) is 0 Å². The molecule has 2 aromatic rings. The number of fused-ring (bicyclic) bond motifs is 1. The predicted octanol–water partition coefficient (Wildman–Crippen LogP) is 4.24. The van der Waals surface area contributed by atoms with E-state index in [1.165, 1.54) is 9.58 Å². The van der Waals surface area contributed by atoms with Crippen molar-refractivity contribution in [3.05, 3.63) is 34.2 Å². The van der Waals surface area contributed by atoms with Crippen LogP contribution in [0.2, 0.25) is 5.02 Å². The van der Waals surface area contributed by atoms with Crippen LogP contribution in [-0.2, 0) is 11.3 Å². The first-order valence-corrected chi connectivity index (χ1v) is 8.38. The van der Waals surface area contributed by atoms with E-state index in [-0.39, 0.29) is 12.0 Å². The molecule has 0 radical (unpaired) electrons. The average Bonchev–Trinajstić information content (AvgIpc) is 2.78. The Hall–Kier alpha value is -1.10. The number of carboxylic acids is 1. The number of benzene rings is 1. The molecule has 1 aromatic heterocycles. The first-order chi connectivity index (χ1) is 10.1. The number of hydrogen-bond acceptors (Lipinski definition) is 3. The Morgan fingerprint density at radius 2 is 2.24 bits per heavy atom. The Bertz CT molecular complexity index is 669. The van der Waals surface area contributed by atoms with Gasteiger partial charge in [0.25, 0.3) is 0 Å². The average molecular weight is 324 g/mol. The normalized spacial score (nSPS) is 23.5. The lowest BCUT2D eigenvalue weighted by atomic mass is 9.92. The van der Waals surface area contributed by atoms with E-state index in [9.17, 15) is 4.79 Å². The van der Waals surface area contributed by atoms with Gasteiger partial charge in [-0.1, -0.05) is 29.8 Å². The van der Waals surface area contributed by atoms with Crippen molar-refractivity contribution in [1.29, 1.82) is 0 Å². The molecule has 0 saturated carbocycles. The minimum atomic E-state index is -0.665. The second-order valence-corrected chi connectivity index (χ2v) is 7.23. The number of hydrogen-bond donors (Lipinski definition) is 1. The highest BCUT2D eigenvalue weighted by atomic mass is 35.5. The molecule has 21 heavy (non-hydrogen) atoms. The summed E-state index contributed by atoms with van der Waals surface area (Å²) in [6, 6.07) is 8.46. The third-order valence-electron chi connectivity index (χ3n) is 4.31. The van der Waals surface area contributed by atoms with Gasteiger partial charge in [0.15, 0.2) is 0 Å². The maximum absolute atomic E-state index is 11.1. The van der Waals surface area contributed by atoms with Gasteiger partial charge in [-0.05, 0) is 32.4 Å². The van der Waals surface area contributed by atoms with Gasteiger partial charge < -0.3 is 5.11 Å². The van der Waals surface area contributed by atoms with Crippen molar-refractivity contribution in [1.82, 2.24) is 4.90 Å². The molecular weight excluding hydrogens is 306 g/mol. The lowest BCUT2D eigenvalue weighted by Gasteiger charge is -2.35. The van der Waals surface area contributed by atoms with Crippen molar-refractivity contribution >= 4 is 39.0 Å². The topological polar surface area (TPSA) is 40.5 Å². The van der Waals surface area contributed by atoms with Gasteiger partial charge in [-0.25, -0.2) is 0 Å². The summed E-state index contributed by atoms with van der Waals surface area (Å²) in [6.07, 6.45) is 1.44. The lowest BCUT2D eigenvalue weighted by Crippen LogP contribution is -2.42. The molecule has 3 rings (SSSR count). The lowest BCUT2D eigenvalue weighted by molar-refractivity contribution is -0.144. The van der Waals surface area contributed by atoms with Crippen LogP contribution in [0, 0.1) is 5.92 Å². The molecule has 2 unspecified atom stereocenters. The Morgan fingerprint density at radius 3 is 2.90 bits per heavy atom. The standard InChI is InChI=1S/C16H18ClNO2S/c1-10-8-11(16(19)20)6-7-18(10)9-14-15(17)12-4-2-3-5-13(12)21-14/h2-5,10-11H,6-9H2,1H3,(H,19,20). The molecule has 0 bridgehead atoms. The van der Waals surface area contributed by atoms with Crippen molar-refractivity contribution in [3.63, 3.8) is 0 Å². The van der Waals surface area contributed by atoms with Crippen molar-refractivity contribution in [2.24, 2.45) is 5.92 Å². The highest BCUT2D eigenvalue weighted by molar-refractivity contribution is 7.19. The van der Waals surface area contributed by atoms with E-state index >= 15 is 0 Å². The number of thiophene rings is 1. The van der Waals surface area contributed by atoms with Crippen LogP contribution in [0.15, 0.2) is 24.3 Å². The molecule has 1 aliphatic heterocycles. The summed E-state index contributed by atoms with van der Waals surface area (Å²) in [4.78, 5) is 14.6. The summed E-state index contributed by atoms with van der Waals surface area (Å²) in [5, 5.41) is 11.1. The van der Waals surface area contributed by atoms with Gasteiger partial charge >= 0.3 is 5.97 Å². The second kappa shape index (κ2) is 5.95. The summed E-state index contributed by atoms with van der Waals surface area (Å²) >= 11 is 8.23. The maximum Gasteiger partial charge on any atom is 0.306 e. The highest BCUT2D eigenvalue weighted by Gasteiger charge is 2.30. The quantitative estimate of drug-likeness (QED) is 0.918. The molecule has 112 valence electrons. The van der Waals surface area contributed by atoms with Crippen LogP contribution >= 0.6 is 22.9 Å². The van der Waals surface area contributed by atoms with Gasteiger partial charge in [0.2, 0.25) is 0 Å². The monoisotopic (exact) mass is 323 g/mol. The molecule has 5 heteroatoms. The largest absolute Gasteiger partial charge is 0.481 e.